The zero-order chi connectivity index (χ0) is 27.6. The summed E-state index contributed by atoms with van der Waals surface area (Å²) in [6, 6.07) is 15.6. The van der Waals surface area contributed by atoms with Crippen LogP contribution in [0.25, 0.3) is 11.0 Å². The lowest BCUT2D eigenvalue weighted by atomic mass is 10.0. The number of aromatic nitrogens is 3. The molecule has 212 valence electrons. The summed E-state index contributed by atoms with van der Waals surface area (Å²) in [7, 11) is 0. The van der Waals surface area contributed by atoms with Crippen molar-refractivity contribution in [1.82, 2.24) is 15.0 Å². The second-order valence-electron chi connectivity index (χ2n) is 11.7. The van der Waals surface area contributed by atoms with E-state index in [2.05, 4.69) is 10.3 Å². The van der Waals surface area contributed by atoms with E-state index < -0.39 is 36.2 Å². The van der Waals surface area contributed by atoms with E-state index in [1.54, 1.807) is 4.68 Å². The summed E-state index contributed by atoms with van der Waals surface area (Å²) in [5, 5.41) is 8.69. The lowest BCUT2D eigenvalue weighted by Crippen LogP contribution is -2.45. The number of hydrogen-bond donors (Lipinski definition) is 0. The standard InChI is InChI=1S/C29H33N3O7S/c1-28(2)33-15-21(37-28)23-24(25-26(35-23)39-29(3,4)38-25)34-18-13-11-17(12-14-18)22(16-9-10-16)36-27(40)32-20-8-6-5-7-19(20)30-31-32/h5-8,11-14,16,21-26H,9-10,15H2,1-4H3/t21?,22?,23-,24+,25-,26-/m1/s1. The highest BCUT2D eigenvalue weighted by Crippen LogP contribution is 2.45. The number of rotatable bonds is 6. The average molecular weight is 568 g/mol. The molecular formula is C29H33N3O7S. The summed E-state index contributed by atoms with van der Waals surface area (Å²) in [5.41, 5.74) is 2.61. The maximum atomic E-state index is 6.52. The van der Waals surface area contributed by atoms with Gasteiger partial charge in [0.05, 0.1) is 12.1 Å². The van der Waals surface area contributed by atoms with E-state index in [0.29, 0.717) is 18.3 Å². The highest BCUT2D eigenvalue weighted by molar-refractivity contribution is 7.80. The van der Waals surface area contributed by atoms with Crippen molar-refractivity contribution in [2.75, 3.05) is 6.61 Å². The third-order valence-corrected chi connectivity index (χ3v) is 7.98. The van der Waals surface area contributed by atoms with Gasteiger partial charge in [0.1, 0.15) is 29.6 Å². The molecular weight excluding hydrogens is 534 g/mol. The van der Waals surface area contributed by atoms with Crippen molar-refractivity contribution in [3.8, 4) is 5.75 Å². The zero-order valence-corrected chi connectivity index (χ0v) is 23.7. The molecule has 1 saturated carbocycles. The maximum Gasteiger partial charge on any atom is 0.287 e. The van der Waals surface area contributed by atoms with E-state index in [1.165, 1.54) is 0 Å². The van der Waals surface area contributed by atoms with E-state index in [1.807, 2.05) is 76.2 Å². The van der Waals surface area contributed by atoms with E-state index in [4.69, 9.17) is 45.4 Å². The van der Waals surface area contributed by atoms with Gasteiger partial charge in [-0.3, -0.25) is 0 Å². The Balaban J connectivity index is 1.08. The number of nitrogens with zero attached hydrogens (tertiary/aromatic N) is 3. The maximum absolute atomic E-state index is 6.52. The van der Waals surface area contributed by atoms with Crippen molar-refractivity contribution in [3.63, 3.8) is 0 Å². The number of fused-ring (bicyclic) bond motifs is 2. The molecule has 0 N–H and O–H groups in total. The minimum absolute atomic E-state index is 0.185. The highest BCUT2D eigenvalue weighted by atomic mass is 32.1. The molecule has 4 heterocycles. The Bertz CT molecular complexity index is 1410. The fraction of sp³-hybridized carbons (Fsp3) is 0.552. The van der Waals surface area contributed by atoms with Gasteiger partial charge in [0, 0.05) is 5.92 Å². The molecule has 6 atom stereocenters. The molecule has 2 unspecified atom stereocenters. The first-order valence-corrected chi connectivity index (χ1v) is 14.2. The van der Waals surface area contributed by atoms with Gasteiger partial charge in [0.25, 0.3) is 5.17 Å². The first-order valence-electron chi connectivity index (χ1n) is 13.8. The van der Waals surface area contributed by atoms with Crippen LogP contribution in [-0.4, -0.2) is 69.1 Å². The van der Waals surface area contributed by atoms with Crippen LogP contribution < -0.4 is 4.74 Å². The molecule has 10 nitrogen and oxygen atoms in total. The van der Waals surface area contributed by atoms with Crippen molar-refractivity contribution in [2.24, 2.45) is 5.92 Å². The summed E-state index contributed by atoms with van der Waals surface area (Å²) >= 11 is 5.64. The second kappa shape index (κ2) is 9.71. The van der Waals surface area contributed by atoms with Crippen molar-refractivity contribution in [3.05, 3.63) is 54.1 Å². The molecule has 0 amide bonds. The van der Waals surface area contributed by atoms with Gasteiger partial charge in [-0.2, -0.15) is 4.68 Å². The Morgan fingerprint density at radius 3 is 2.48 bits per heavy atom. The van der Waals surface area contributed by atoms with Gasteiger partial charge in [0.2, 0.25) is 0 Å². The van der Waals surface area contributed by atoms with Crippen LogP contribution in [-0.2, 0) is 28.4 Å². The second-order valence-corrected chi connectivity index (χ2v) is 12.1. The number of thiocarbonyl (C=S) groups is 1. The molecule has 2 aromatic carbocycles. The van der Waals surface area contributed by atoms with Crippen LogP contribution >= 0.6 is 12.2 Å². The van der Waals surface area contributed by atoms with Gasteiger partial charge in [-0.25, -0.2) is 0 Å². The Hall–Kier alpha value is -2.67. The SMILES string of the molecule is CC1(C)OCC([C@H]2O[C@@H]3OC(C)(C)O[C@@H]3[C@H]2Oc2ccc(C(OC(=S)n3nnc4ccccc43)C3CC3)cc2)O1. The number of para-hydroxylation sites is 1. The quantitative estimate of drug-likeness (QED) is 0.396. The summed E-state index contributed by atoms with van der Waals surface area (Å²) in [6.07, 6.45) is -0.116. The Morgan fingerprint density at radius 2 is 1.75 bits per heavy atom. The van der Waals surface area contributed by atoms with Gasteiger partial charge in [-0.05, 0) is 82.6 Å². The summed E-state index contributed by atoms with van der Waals surface area (Å²) in [6.45, 7) is 7.93. The predicted molar refractivity (Wildman–Crippen MR) is 147 cm³/mol. The Labute approximate surface area is 237 Å². The smallest absolute Gasteiger partial charge is 0.287 e. The third-order valence-electron chi connectivity index (χ3n) is 7.71. The fourth-order valence-corrected chi connectivity index (χ4v) is 5.94. The molecule has 1 aromatic heterocycles. The zero-order valence-electron chi connectivity index (χ0n) is 22.9. The summed E-state index contributed by atoms with van der Waals surface area (Å²) < 4.78 is 44.8. The third kappa shape index (κ3) is 4.99. The molecule has 4 fully saturated rings. The molecule has 0 spiro atoms. The van der Waals surface area contributed by atoms with Crippen LogP contribution in [0, 0.1) is 5.92 Å². The Morgan fingerprint density at radius 1 is 0.975 bits per heavy atom. The summed E-state index contributed by atoms with van der Waals surface area (Å²) in [5.74, 6) is -0.368. The first kappa shape index (κ1) is 26.2. The predicted octanol–water partition coefficient (Wildman–Crippen LogP) is 4.51. The molecule has 3 aromatic rings. The van der Waals surface area contributed by atoms with Crippen LogP contribution in [0.5, 0.6) is 5.75 Å². The van der Waals surface area contributed by atoms with Crippen LogP contribution in [0.15, 0.2) is 48.5 Å². The van der Waals surface area contributed by atoms with Crippen molar-refractivity contribution >= 4 is 28.4 Å². The molecule has 40 heavy (non-hydrogen) atoms. The molecule has 0 bridgehead atoms. The van der Waals surface area contributed by atoms with Gasteiger partial charge in [0.15, 0.2) is 30.1 Å². The molecule has 3 saturated heterocycles. The van der Waals surface area contributed by atoms with Gasteiger partial charge >= 0.3 is 0 Å². The van der Waals surface area contributed by atoms with E-state index in [-0.39, 0.29) is 17.4 Å². The van der Waals surface area contributed by atoms with Crippen molar-refractivity contribution < 1.29 is 33.2 Å². The fourth-order valence-electron chi connectivity index (χ4n) is 5.71. The molecule has 3 aliphatic heterocycles. The Kier molecular flexibility index (Phi) is 6.37. The minimum atomic E-state index is -0.763. The number of benzene rings is 2. The topological polar surface area (TPSA) is 95.3 Å². The van der Waals surface area contributed by atoms with Crippen LogP contribution in [0.3, 0.4) is 0 Å². The monoisotopic (exact) mass is 567 g/mol. The molecule has 0 radical (unpaired) electrons. The number of ether oxygens (including phenoxy) is 7. The average Bonchev–Trinajstić information content (AvgIpc) is 3.28. The van der Waals surface area contributed by atoms with E-state index in [9.17, 15) is 0 Å². The molecule has 1 aliphatic carbocycles. The molecule has 4 aliphatic rings. The van der Waals surface area contributed by atoms with Crippen molar-refractivity contribution in [2.45, 2.75) is 88.9 Å². The van der Waals surface area contributed by atoms with Gasteiger partial charge in [-0.1, -0.05) is 29.5 Å². The number of hydrogen-bond acceptors (Lipinski definition) is 10. The molecule has 7 rings (SSSR count). The summed E-state index contributed by atoms with van der Waals surface area (Å²) in [4.78, 5) is 0. The van der Waals surface area contributed by atoms with Crippen LogP contribution in [0.2, 0.25) is 0 Å². The van der Waals surface area contributed by atoms with Gasteiger partial charge in [-0.15, -0.1) is 5.10 Å². The van der Waals surface area contributed by atoms with Crippen LogP contribution in [0.4, 0.5) is 0 Å². The first-order chi connectivity index (χ1) is 19.2. The normalized spacial score (nSPS) is 31.2. The van der Waals surface area contributed by atoms with E-state index in [0.717, 1.165) is 29.4 Å². The van der Waals surface area contributed by atoms with E-state index >= 15 is 0 Å². The van der Waals surface area contributed by atoms with Crippen molar-refractivity contribution in [1.29, 1.82) is 0 Å². The minimum Gasteiger partial charge on any atom is -0.485 e. The highest BCUT2D eigenvalue weighted by Gasteiger charge is 2.59. The van der Waals surface area contributed by atoms with Gasteiger partial charge < -0.3 is 33.2 Å². The lowest BCUT2D eigenvalue weighted by molar-refractivity contribution is -0.230. The van der Waals surface area contributed by atoms with Crippen LogP contribution in [0.1, 0.15) is 52.2 Å². The lowest BCUT2D eigenvalue weighted by Gasteiger charge is -2.29. The largest absolute Gasteiger partial charge is 0.485 e. The molecule has 11 heteroatoms.